The molecule has 2 heterocycles. The molecule has 2 aliphatic rings. The summed E-state index contributed by atoms with van der Waals surface area (Å²) >= 11 is 0. The summed E-state index contributed by atoms with van der Waals surface area (Å²) in [5, 5.41) is 0. The minimum atomic E-state index is -4.63. The number of rotatable bonds is 0. The van der Waals surface area contributed by atoms with Crippen molar-refractivity contribution in [2.24, 2.45) is 9.98 Å². The van der Waals surface area contributed by atoms with E-state index in [0.29, 0.717) is 25.4 Å². The average molecular weight is 301 g/mol. The van der Waals surface area contributed by atoms with E-state index in [0.717, 1.165) is 25.7 Å². The predicted octanol–water partition coefficient (Wildman–Crippen LogP) is 2.52. The molecule has 0 radical (unpaired) electrons. The predicted molar refractivity (Wildman–Crippen MR) is 70.5 cm³/mol. The second kappa shape index (κ2) is 6.19. The lowest BCUT2D eigenvalue weighted by Crippen LogP contribution is -2.31. The van der Waals surface area contributed by atoms with Crippen LogP contribution in [0.3, 0.4) is 0 Å². The van der Waals surface area contributed by atoms with E-state index < -0.39 is 29.4 Å². The van der Waals surface area contributed by atoms with Crippen molar-refractivity contribution in [3.05, 3.63) is 11.6 Å². The lowest BCUT2D eigenvalue weighted by atomic mass is 10.1. The van der Waals surface area contributed by atoms with Crippen LogP contribution in [0.2, 0.25) is 0 Å². The fraction of sp³-hybridized carbons (Fsp3) is 0.538. The van der Waals surface area contributed by atoms with E-state index in [9.17, 15) is 22.8 Å². The van der Waals surface area contributed by atoms with Crippen molar-refractivity contribution < 1.29 is 22.8 Å². The smallest absolute Gasteiger partial charge is 0.323 e. The maximum absolute atomic E-state index is 12.6. The van der Waals surface area contributed by atoms with Gasteiger partial charge in [-0.2, -0.15) is 18.2 Å². The molecule has 114 valence electrons. The molecular formula is C13H14F3N3O2. The number of amides is 3. The molecule has 0 spiro atoms. The van der Waals surface area contributed by atoms with E-state index >= 15 is 0 Å². The van der Waals surface area contributed by atoms with Crippen molar-refractivity contribution in [3.63, 3.8) is 0 Å². The molecule has 0 aromatic heterocycles. The highest BCUT2D eigenvalue weighted by atomic mass is 19.4. The topological polar surface area (TPSA) is 62.1 Å². The van der Waals surface area contributed by atoms with Crippen LogP contribution in [0.5, 0.6) is 0 Å². The number of aliphatic imine (C=N–C) groups is 2. The Balaban J connectivity index is 2.18. The minimum Gasteiger partial charge on any atom is -0.323 e. The molecule has 21 heavy (non-hydrogen) atoms. The molecule has 2 aliphatic heterocycles. The number of dihydropyridines is 1. The first-order valence-corrected chi connectivity index (χ1v) is 6.63. The van der Waals surface area contributed by atoms with E-state index in [1.54, 1.807) is 0 Å². The van der Waals surface area contributed by atoms with Gasteiger partial charge in [0.1, 0.15) is 5.71 Å². The summed E-state index contributed by atoms with van der Waals surface area (Å²) in [6, 6.07) is -0.685. The molecule has 0 aliphatic carbocycles. The maximum atomic E-state index is 12.6. The highest BCUT2D eigenvalue weighted by Gasteiger charge is 2.35. The van der Waals surface area contributed by atoms with Crippen molar-refractivity contribution in [1.82, 2.24) is 4.90 Å². The number of nitrogens with zero attached hydrogens (tertiary/aromatic N) is 3. The van der Waals surface area contributed by atoms with Crippen LogP contribution in [-0.2, 0) is 4.79 Å². The van der Waals surface area contributed by atoms with Crippen molar-refractivity contribution in [3.8, 4) is 0 Å². The normalized spacial score (nSPS) is 22.2. The molecule has 0 aromatic carbocycles. The Morgan fingerprint density at radius 1 is 1.19 bits per heavy atom. The first kappa shape index (κ1) is 15.4. The van der Waals surface area contributed by atoms with Crippen molar-refractivity contribution in [1.29, 1.82) is 0 Å². The van der Waals surface area contributed by atoms with Gasteiger partial charge in [0.25, 0.3) is 5.91 Å². The Labute approximate surface area is 119 Å². The van der Waals surface area contributed by atoms with Crippen LogP contribution in [0.4, 0.5) is 18.0 Å². The SMILES string of the molecule is O=C1N=CC(C(F)(F)F)=C/C1=N/C(=O)N1CCCCCC1. The first-order chi connectivity index (χ1) is 9.88. The van der Waals surface area contributed by atoms with Gasteiger partial charge in [0.05, 0.1) is 5.57 Å². The molecular weight excluding hydrogens is 287 g/mol. The average Bonchev–Trinajstić information content (AvgIpc) is 2.68. The summed E-state index contributed by atoms with van der Waals surface area (Å²) in [5.74, 6) is -0.939. The molecule has 2 rings (SSSR count). The molecule has 0 N–H and O–H groups in total. The molecule has 1 fully saturated rings. The van der Waals surface area contributed by atoms with E-state index in [1.807, 2.05) is 0 Å². The monoisotopic (exact) mass is 301 g/mol. The Hall–Kier alpha value is -1.99. The second-order valence-electron chi connectivity index (χ2n) is 4.84. The largest absolute Gasteiger partial charge is 0.417 e. The van der Waals surface area contributed by atoms with Crippen LogP contribution >= 0.6 is 0 Å². The van der Waals surface area contributed by atoms with Gasteiger partial charge in [-0.25, -0.2) is 9.79 Å². The first-order valence-electron chi connectivity index (χ1n) is 6.63. The Morgan fingerprint density at radius 3 is 2.38 bits per heavy atom. The summed E-state index contributed by atoms with van der Waals surface area (Å²) < 4.78 is 37.7. The molecule has 0 aromatic rings. The van der Waals surface area contributed by atoms with Crippen LogP contribution in [-0.4, -0.2) is 48.0 Å². The molecule has 3 amide bonds. The Kier molecular flexibility index (Phi) is 4.54. The Bertz CT molecular complexity index is 527. The number of hydrogen-bond acceptors (Lipinski definition) is 2. The number of carbonyl (C=O) groups is 2. The van der Waals surface area contributed by atoms with Crippen molar-refractivity contribution in [2.75, 3.05) is 13.1 Å². The molecule has 0 saturated carbocycles. The third-order valence-electron chi connectivity index (χ3n) is 3.25. The fourth-order valence-electron chi connectivity index (χ4n) is 2.11. The van der Waals surface area contributed by atoms with Gasteiger partial charge in [0.15, 0.2) is 0 Å². The number of allylic oxidation sites excluding steroid dienone is 1. The quantitative estimate of drug-likeness (QED) is 0.690. The third kappa shape index (κ3) is 3.99. The molecule has 5 nitrogen and oxygen atoms in total. The highest BCUT2D eigenvalue weighted by Crippen LogP contribution is 2.25. The van der Waals surface area contributed by atoms with Crippen LogP contribution in [0.15, 0.2) is 21.6 Å². The third-order valence-corrected chi connectivity index (χ3v) is 3.25. The van der Waals surface area contributed by atoms with Gasteiger partial charge in [-0.3, -0.25) is 4.79 Å². The number of hydrogen-bond donors (Lipinski definition) is 0. The summed E-state index contributed by atoms with van der Waals surface area (Å²) in [6.45, 7) is 1.01. The molecule has 8 heteroatoms. The van der Waals surface area contributed by atoms with Crippen LogP contribution in [0.25, 0.3) is 0 Å². The van der Waals surface area contributed by atoms with E-state index in [-0.39, 0.29) is 0 Å². The summed E-state index contributed by atoms with van der Waals surface area (Å²) in [5.41, 5.74) is -1.66. The fourth-order valence-corrected chi connectivity index (χ4v) is 2.11. The molecule has 0 atom stereocenters. The number of halogens is 3. The van der Waals surface area contributed by atoms with E-state index in [4.69, 9.17) is 0 Å². The standard InChI is InChI=1S/C13H14F3N3O2/c14-13(15,16)9-7-10(11(20)17-8-9)18-12(21)19-5-3-1-2-4-6-19/h7-8H,1-6H2/b18-10-. The lowest BCUT2D eigenvalue weighted by Gasteiger charge is -2.17. The van der Waals surface area contributed by atoms with Gasteiger partial charge < -0.3 is 4.90 Å². The second-order valence-corrected chi connectivity index (χ2v) is 4.84. The Morgan fingerprint density at radius 2 is 1.81 bits per heavy atom. The van der Waals surface area contributed by atoms with Gasteiger partial charge in [-0.05, 0) is 18.9 Å². The minimum absolute atomic E-state index is 0.442. The van der Waals surface area contributed by atoms with Crippen LogP contribution in [0.1, 0.15) is 25.7 Å². The molecule has 1 saturated heterocycles. The maximum Gasteiger partial charge on any atom is 0.417 e. The van der Waals surface area contributed by atoms with Crippen molar-refractivity contribution in [2.45, 2.75) is 31.9 Å². The number of urea groups is 1. The zero-order valence-corrected chi connectivity index (χ0v) is 11.2. The summed E-state index contributed by atoms with van der Waals surface area (Å²) in [7, 11) is 0. The lowest BCUT2D eigenvalue weighted by molar-refractivity contribution is -0.111. The van der Waals surface area contributed by atoms with Gasteiger partial charge in [0, 0.05) is 19.3 Å². The van der Waals surface area contributed by atoms with Gasteiger partial charge in [-0.1, -0.05) is 12.8 Å². The van der Waals surface area contributed by atoms with Crippen LogP contribution in [0, 0.1) is 0 Å². The number of alkyl halides is 3. The van der Waals surface area contributed by atoms with Gasteiger partial charge in [-0.15, -0.1) is 0 Å². The number of likely N-dealkylation sites (tertiary alicyclic amines) is 1. The molecule has 0 unspecified atom stereocenters. The zero-order chi connectivity index (χ0) is 15.5. The number of carbonyl (C=O) groups excluding carboxylic acids is 2. The summed E-state index contributed by atoms with van der Waals surface area (Å²) in [6.07, 6.45) is 0.0293. The summed E-state index contributed by atoms with van der Waals surface area (Å²) in [4.78, 5) is 31.5. The van der Waals surface area contributed by atoms with Crippen LogP contribution < -0.4 is 0 Å². The van der Waals surface area contributed by atoms with Gasteiger partial charge in [0.2, 0.25) is 0 Å². The van der Waals surface area contributed by atoms with Gasteiger partial charge >= 0.3 is 12.2 Å². The highest BCUT2D eigenvalue weighted by molar-refractivity contribution is 6.48. The van der Waals surface area contributed by atoms with E-state index in [2.05, 4.69) is 9.98 Å². The molecule has 0 bridgehead atoms. The van der Waals surface area contributed by atoms with Crippen molar-refractivity contribution >= 4 is 23.9 Å². The van der Waals surface area contributed by atoms with E-state index in [1.165, 1.54) is 4.90 Å². The zero-order valence-electron chi connectivity index (χ0n) is 11.2.